The number of unbranched alkanes of at least 4 members (excludes halogenated alkanes) is 1. The lowest BCUT2D eigenvalue weighted by atomic mass is 10.1. The number of nitrogens with one attached hydrogen (secondary N) is 1. The maximum Gasteiger partial charge on any atom is 0.119 e. The van der Waals surface area contributed by atoms with Gasteiger partial charge in [0.05, 0.1) is 6.10 Å². The minimum absolute atomic E-state index is 0.254. The summed E-state index contributed by atoms with van der Waals surface area (Å²) in [6.45, 7) is 5.29. The quantitative estimate of drug-likeness (QED) is 0.709. The van der Waals surface area contributed by atoms with E-state index < -0.39 is 0 Å². The van der Waals surface area contributed by atoms with E-state index in [-0.39, 0.29) is 6.10 Å². The third-order valence-electron chi connectivity index (χ3n) is 3.20. The average Bonchev–Trinajstić information content (AvgIpc) is 3.14. The predicted octanol–water partition coefficient (Wildman–Crippen LogP) is 3.55. The van der Waals surface area contributed by atoms with Crippen molar-refractivity contribution < 1.29 is 4.74 Å². The first kappa shape index (κ1) is 13.4. The number of benzene rings is 1. The van der Waals surface area contributed by atoms with E-state index >= 15 is 0 Å². The minimum atomic E-state index is 0.254. The van der Waals surface area contributed by atoms with Crippen molar-refractivity contribution in [1.82, 2.24) is 5.32 Å². The van der Waals surface area contributed by atoms with E-state index in [1.165, 1.54) is 44.2 Å². The Labute approximate surface area is 111 Å². The smallest absolute Gasteiger partial charge is 0.119 e. The second-order valence-corrected chi connectivity index (χ2v) is 5.50. The molecule has 1 fully saturated rings. The third-order valence-corrected chi connectivity index (χ3v) is 3.20. The molecule has 0 aromatic heterocycles. The Morgan fingerprint density at radius 3 is 2.50 bits per heavy atom. The zero-order valence-electron chi connectivity index (χ0n) is 11.6. The molecule has 0 atom stereocenters. The average molecular weight is 247 g/mol. The molecule has 0 saturated heterocycles. The van der Waals surface area contributed by atoms with Gasteiger partial charge in [0.1, 0.15) is 5.75 Å². The number of ether oxygens (including phenoxy) is 1. The first-order chi connectivity index (χ1) is 8.74. The van der Waals surface area contributed by atoms with Gasteiger partial charge in [0.25, 0.3) is 0 Å². The van der Waals surface area contributed by atoms with E-state index in [2.05, 4.69) is 43.4 Å². The van der Waals surface area contributed by atoms with Crippen LogP contribution in [0.1, 0.15) is 45.1 Å². The number of hydrogen-bond donors (Lipinski definition) is 1. The van der Waals surface area contributed by atoms with Gasteiger partial charge in [-0.1, -0.05) is 12.1 Å². The van der Waals surface area contributed by atoms with Crippen molar-refractivity contribution in [3.8, 4) is 5.75 Å². The highest BCUT2D eigenvalue weighted by Gasteiger charge is 2.19. The number of aryl methyl sites for hydroxylation is 1. The van der Waals surface area contributed by atoms with E-state index in [0.29, 0.717) is 0 Å². The van der Waals surface area contributed by atoms with Crippen LogP contribution in [-0.2, 0) is 6.42 Å². The fourth-order valence-electron chi connectivity index (χ4n) is 2.05. The zero-order valence-corrected chi connectivity index (χ0v) is 11.6. The first-order valence-corrected chi connectivity index (χ1v) is 7.23. The lowest BCUT2D eigenvalue weighted by Gasteiger charge is -2.10. The summed E-state index contributed by atoms with van der Waals surface area (Å²) in [5, 5.41) is 3.55. The van der Waals surface area contributed by atoms with Gasteiger partial charge in [-0.3, -0.25) is 0 Å². The maximum absolute atomic E-state index is 5.64. The normalized spacial score (nSPS) is 15.1. The summed E-state index contributed by atoms with van der Waals surface area (Å²) in [5.74, 6) is 0.976. The van der Waals surface area contributed by atoms with Gasteiger partial charge in [0.15, 0.2) is 0 Å². The third kappa shape index (κ3) is 5.09. The fourth-order valence-corrected chi connectivity index (χ4v) is 2.05. The molecule has 100 valence electrons. The van der Waals surface area contributed by atoms with Crippen molar-refractivity contribution in [3.63, 3.8) is 0 Å². The molecule has 0 bridgehead atoms. The molecule has 0 heterocycles. The van der Waals surface area contributed by atoms with E-state index in [9.17, 15) is 0 Å². The first-order valence-electron chi connectivity index (χ1n) is 7.23. The highest BCUT2D eigenvalue weighted by atomic mass is 16.5. The molecule has 0 radical (unpaired) electrons. The SMILES string of the molecule is CC(C)Oc1ccc(CCCCNC2CC2)cc1. The minimum Gasteiger partial charge on any atom is -0.491 e. The summed E-state index contributed by atoms with van der Waals surface area (Å²) < 4.78 is 5.64. The van der Waals surface area contributed by atoms with Gasteiger partial charge in [-0.15, -0.1) is 0 Å². The molecule has 2 nitrogen and oxygen atoms in total. The lowest BCUT2D eigenvalue weighted by Crippen LogP contribution is -2.17. The summed E-state index contributed by atoms with van der Waals surface area (Å²) in [7, 11) is 0. The molecule has 1 aliphatic rings. The summed E-state index contributed by atoms with van der Waals surface area (Å²) in [5.41, 5.74) is 1.41. The van der Waals surface area contributed by atoms with E-state index in [1.807, 2.05) is 0 Å². The van der Waals surface area contributed by atoms with Crippen molar-refractivity contribution in [1.29, 1.82) is 0 Å². The van der Waals surface area contributed by atoms with Crippen LogP contribution < -0.4 is 10.1 Å². The van der Waals surface area contributed by atoms with Crippen LogP contribution in [0.5, 0.6) is 5.75 Å². The van der Waals surface area contributed by atoms with Crippen LogP contribution in [0.2, 0.25) is 0 Å². The molecule has 2 rings (SSSR count). The molecule has 0 amide bonds. The van der Waals surface area contributed by atoms with Gasteiger partial charge in [0, 0.05) is 6.04 Å². The topological polar surface area (TPSA) is 21.3 Å². The van der Waals surface area contributed by atoms with Crippen LogP contribution in [0, 0.1) is 0 Å². The molecule has 2 heteroatoms. The molecule has 1 aliphatic carbocycles. The largest absolute Gasteiger partial charge is 0.491 e. The summed E-state index contributed by atoms with van der Waals surface area (Å²) in [4.78, 5) is 0. The van der Waals surface area contributed by atoms with Crippen molar-refractivity contribution >= 4 is 0 Å². The Kier molecular flexibility index (Phi) is 5.06. The Balaban J connectivity index is 1.62. The monoisotopic (exact) mass is 247 g/mol. The van der Waals surface area contributed by atoms with Gasteiger partial charge in [-0.05, 0) is 70.2 Å². The predicted molar refractivity (Wildman–Crippen MR) is 76.2 cm³/mol. The van der Waals surface area contributed by atoms with Crippen molar-refractivity contribution in [2.24, 2.45) is 0 Å². The second-order valence-electron chi connectivity index (χ2n) is 5.50. The molecule has 1 N–H and O–H groups in total. The summed E-state index contributed by atoms with van der Waals surface area (Å²) in [6, 6.07) is 9.38. The fraction of sp³-hybridized carbons (Fsp3) is 0.625. The van der Waals surface area contributed by atoms with Gasteiger partial charge >= 0.3 is 0 Å². The standard InChI is InChI=1S/C16H25NO/c1-13(2)18-16-10-6-14(7-11-16)5-3-4-12-17-15-8-9-15/h6-7,10-11,13,15,17H,3-5,8-9,12H2,1-2H3. The Hall–Kier alpha value is -1.02. The van der Waals surface area contributed by atoms with Crippen molar-refractivity contribution in [3.05, 3.63) is 29.8 Å². The summed E-state index contributed by atoms with van der Waals surface area (Å²) >= 11 is 0. The lowest BCUT2D eigenvalue weighted by molar-refractivity contribution is 0.242. The van der Waals surface area contributed by atoms with Crippen molar-refractivity contribution in [2.45, 2.75) is 58.1 Å². The Morgan fingerprint density at radius 1 is 1.17 bits per heavy atom. The zero-order chi connectivity index (χ0) is 12.8. The van der Waals surface area contributed by atoms with Crippen LogP contribution in [-0.4, -0.2) is 18.7 Å². The Morgan fingerprint density at radius 2 is 1.89 bits per heavy atom. The van der Waals surface area contributed by atoms with Gasteiger partial charge in [-0.25, -0.2) is 0 Å². The van der Waals surface area contributed by atoms with Crippen LogP contribution in [0.25, 0.3) is 0 Å². The molecule has 1 saturated carbocycles. The molecule has 0 spiro atoms. The van der Waals surface area contributed by atoms with E-state index in [0.717, 1.165) is 11.8 Å². The van der Waals surface area contributed by atoms with E-state index in [1.54, 1.807) is 0 Å². The number of hydrogen-bond acceptors (Lipinski definition) is 2. The van der Waals surface area contributed by atoms with Crippen LogP contribution in [0.15, 0.2) is 24.3 Å². The molecule has 1 aromatic rings. The van der Waals surface area contributed by atoms with Gasteiger partial charge < -0.3 is 10.1 Å². The van der Waals surface area contributed by atoms with Gasteiger partial charge in [-0.2, -0.15) is 0 Å². The highest BCUT2D eigenvalue weighted by Crippen LogP contribution is 2.18. The van der Waals surface area contributed by atoms with Gasteiger partial charge in [0.2, 0.25) is 0 Å². The van der Waals surface area contributed by atoms with Crippen molar-refractivity contribution in [2.75, 3.05) is 6.54 Å². The highest BCUT2D eigenvalue weighted by molar-refractivity contribution is 5.27. The molecular weight excluding hydrogens is 222 g/mol. The van der Waals surface area contributed by atoms with E-state index in [4.69, 9.17) is 4.74 Å². The van der Waals surface area contributed by atoms with Crippen LogP contribution in [0.3, 0.4) is 0 Å². The van der Waals surface area contributed by atoms with Crippen LogP contribution >= 0.6 is 0 Å². The molecule has 0 aliphatic heterocycles. The molecule has 18 heavy (non-hydrogen) atoms. The van der Waals surface area contributed by atoms with Crippen LogP contribution in [0.4, 0.5) is 0 Å². The summed E-state index contributed by atoms with van der Waals surface area (Å²) in [6.07, 6.45) is 6.75. The second kappa shape index (κ2) is 6.79. The molecule has 1 aromatic carbocycles. The molecular formula is C16H25NO. The maximum atomic E-state index is 5.64. The Bertz CT molecular complexity index is 341. The molecule has 0 unspecified atom stereocenters. The number of rotatable bonds is 8.